The Morgan fingerprint density at radius 3 is 2.67 bits per heavy atom. The largest absolute Gasteiger partial charge is 0.467 e. The van der Waals surface area contributed by atoms with Gasteiger partial charge in [0, 0.05) is 12.3 Å². The van der Waals surface area contributed by atoms with E-state index in [0.29, 0.717) is 12.3 Å². The summed E-state index contributed by atoms with van der Waals surface area (Å²) in [6.45, 7) is -0.305. The van der Waals surface area contributed by atoms with Crippen LogP contribution in [0.2, 0.25) is 0 Å². The third-order valence-electron chi connectivity index (χ3n) is 2.78. The van der Waals surface area contributed by atoms with Crippen molar-refractivity contribution in [2.24, 2.45) is 0 Å². The Morgan fingerprint density at radius 2 is 2.05 bits per heavy atom. The van der Waals surface area contributed by atoms with Crippen LogP contribution in [0, 0.1) is 0 Å². The molecular formula is C13H10F3NO4. The molecule has 0 saturated heterocycles. The molecule has 0 bridgehead atoms. The van der Waals surface area contributed by atoms with Crippen molar-refractivity contribution >= 4 is 5.97 Å². The van der Waals surface area contributed by atoms with Gasteiger partial charge in [-0.05, 0) is 12.1 Å². The molecule has 0 aromatic carbocycles. The molecule has 0 fully saturated rings. The van der Waals surface area contributed by atoms with Crippen LogP contribution in [0.5, 0.6) is 0 Å². The van der Waals surface area contributed by atoms with E-state index >= 15 is 0 Å². The third-order valence-corrected chi connectivity index (χ3v) is 2.78. The number of nitrogens with zero attached hydrogens (tertiary/aromatic N) is 1. The molecule has 0 radical (unpaired) electrons. The zero-order valence-electron chi connectivity index (χ0n) is 10.8. The monoisotopic (exact) mass is 301 g/mol. The lowest BCUT2D eigenvalue weighted by atomic mass is 10.2. The summed E-state index contributed by atoms with van der Waals surface area (Å²) in [5.41, 5.74) is -1.55. The average Bonchev–Trinajstić information content (AvgIpc) is 2.87. The van der Waals surface area contributed by atoms with Crippen molar-refractivity contribution in [1.29, 1.82) is 0 Å². The molecule has 0 atom stereocenters. The highest BCUT2D eigenvalue weighted by molar-refractivity contribution is 5.90. The van der Waals surface area contributed by atoms with Crippen LogP contribution in [0.3, 0.4) is 0 Å². The van der Waals surface area contributed by atoms with Crippen LogP contribution in [-0.4, -0.2) is 17.6 Å². The molecule has 2 heterocycles. The third kappa shape index (κ3) is 3.15. The maximum Gasteiger partial charge on any atom is 0.417 e. The number of halogens is 3. The van der Waals surface area contributed by atoms with E-state index in [-0.39, 0.29) is 17.9 Å². The number of ether oxygens (including phenoxy) is 1. The van der Waals surface area contributed by atoms with E-state index < -0.39 is 23.3 Å². The highest BCUT2D eigenvalue weighted by atomic mass is 19.4. The number of pyridine rings is 1. The zero-order chi connectivity index (χ0) is 15.6. The van der Waals surface area contributed by atoms with Crippen LogP contribution >= 0.6 is 0 Å². The summed E-state index contributed by atoms with van der Waals surface area (Å²) in [7, 11) is 1.16. The fourth-order valence-corrected chi connectivity index (χ4v) is 1.73. The topological polar surface area (TPSA) is 61.4 Å². The molecule has 2 aromatic rings. The number of hydrogen-bond donors (Lipinski definition) is 0. The van der Waals surface area contributed by atoms with Crippen molar-refractivity contribution in [3.63, 3.8) is 0 Å². The molecule has 5 nitrogen and oxygen atoms in total. The molecule has 2 aromatic heterocycles. The number of aromatic nitrogens is 1. The second-order valence-electron chi connectivity index (χ2n) is 4.13. The highest BCUT2D eigenvalue weighted by Gasteiger charge is 2.31. The second-order valence-corrected chi connectivity index (χ2v) is 4.13. The predicted octanol–water partition coefficient (Wildman–Crippen LogP) is 2.29. The van der Waals surface area contributed by atoms with Crippen molar-refractivity contribution in [3.05, 3.63) is 57.9 Å². The van der Waals surface area contributed by atoms with Crippen molar-refractivity contribution < 1.29 is 27.1 Å². The fourth-order valence-electron chi connectivity index (χ4n) is 1.73. The summed E-state index contributed by atoms with van der Waals surface area (Å²) in [5, 5.41) is 0. The van der Waals surface area contributed by atoms with Crippen LogP contribution in [-0.2, 0) is 17.5 Å². The van der Waals surface area contributed by atoms with Crippen molar-refractivity contribution in [3.8, 4) is 0 Å². The molecule has 112 valence electrons. The van der Waals surface area contributed by atoms with Crippen LogP contribution in [0.15, 0.2) is 39.9 Å². The number of esters is 1. The Hall–Kier alpha value is -2.51. The van der Waals surface area contributed by atoms with Crippen LogP contribution in [0.25, 0.3) is 0 Å². The Balaban J connectivity index is 2.38. The van der Waals surface area contributed by atoms with Crippen LogP contribution in [0.1, 0.15) is 21.7 Å². The Morgan fingerprint density at radius 1 is 1.33 bits per heavy atom. The number of rotatable bonds is 3. The minimum absolute atomic E-state index is 0.0447. The molecule has 0 N–H and O–H groups in total. The van der Waals surface area contributed by atoms with E-state index in [9.17, 15) is 22.8 Å². The number of alkyl halides is 3. The molecule has 0 saturated carbocycles. The lowest BCUT2D eigenvalue weighted by Crippen LogP contribution is -2.22. The van der Waals surface area contributed by atoms with Gasteiger partial charge in [0.2, 0.25) is 0 Å². The summed E-state index contributed by atoms with van der Waals surface area (Å²) in [4.78, 5) is 23.1. The van der Waals surface area contributed by atoms with Gasteiger partial charge in [-0.25, -0.2) is 4.79 Å². The van der Waals surface area contributed by atoms with Gasteiger partial charge in [-0.15, -0.1) is 0 Å². The standard InChI is InChI=1S/C13H10F3NO4/c1-20-12(19)9-4-5-21-10(9)7-17-6-8(13(14,15)16)2-3-11(17)18/h2-6H,7H2,1H3. The van der Waals surface area contributed by atoms with Gasteiger partial charge in [-0.2, -0.15) is 13.2 Å². The number of hydrogen-bond acceptors (Lipinski definition) is 4. The molecule has 8 heteroatoms. The molecular weight excluding hydrogens is 291 g/mol. The minimum Gasteiger partial charge on any atom is -0.467 e. The first-order chi connectivity index (χ1) is 9.82. The Labute approximate surface area is 116 Å². The number of carbonyl (C=O) groups excluding carboxylic acids is 1. The van der Waals surface area contributed by atoms with Gasteiger partial charge in [0.25, 0.3) is 5.56 Å². The lowest BCUT2D eigenvalue weighted by molar-refractivity contribution is -0.138. The lowest BCUT2D eigenvalue weighted by Gasteiger charge is -2.10. The van der Waals surface area contributed by atoms with E-state index in [1.165, 1.54) is 12.3 Å². The predicted molar refractivity (Wildman–Crippen MR) is 64.9 cm³/mol. The molecule has 0 aliphatic heterocycles. The van der Waals surface area contributed by atoms with Crippen molar-refractivity contribution in [2.45, 2.75) is 12.7 Å². The fraction of sp³-hybridized carbons (Fsp3) is 0.231. The van der Waals surface area contributed by atoms with Gasteiger partial charge in [-0.1, -0.05) is 0 Å². The average molecular weight is 301 g/mol. The molecule has 0 spiro atoms. The molecule has 0 aliphatic carbocycles. The smallest absolute Gasteiger partial charge is 0.417 e. The van der Waals surface area contributed by atoms with Crippen molar-refractivity contribution in [1.82, 2.24) is 4.57 Å². The summed E-state index contributed by atoms with van der Waals surface area (Å²) in [6, 6.07) is 2.82. The highest BCUT2D eigenvalue weighted by Crippen LogP contribution is 2.28. The number of carbonyl (C=O) groups is 1. The van der Waals surface area contributed by atoms with Gasteiger partial charge in [0.1, 0.15) is 11.3 Å². The maximum absolute atomic E-state index is 12.6. The van der Waals surface area contributed by atoms with Gasteiger partial charge in [0.15, 0.2) is 0 Å². The van der Waals surface area contributed by atoms with Gasteiger partial charge in [-0.3, -0.25) is 4.79 Å². The van der Waals surface area contributed by atoms with E-state index in [1.54, 1.807) is 0 Å². The Kier molecular flexibility index (Phi) is 3.88. The van der Waals surface area contributed by atoms with Gasteiger partial charge < -0.3 is 13.7 Å². The van der Waals surface area contributed by atoms with E-state index in [1.807, 2.05) is 0 Å². The van der Waals surface area contributed by atoms with Gasteiger partial charge in [0.05, 0.1) is 25.5 Å². The Bertz CT molecular complexity index is 715. The molecule has 0 aliphatic rings. The SMILES string of the molecule is COC(=O)c1ccoc1Cn1cc(C(F)(F)F)ccc1=O. The van der Waals surface area contributed by atoms with E-state index in [0.717, 1.165) is 17.7 Å². The maximum atomic E-state index is 12.6. The minimum atomic E-state index is -4.57. The van der Waals surface area contributed by atoms with Crippen LogP contribution < -0.4 is 5.56 Å². The van der Waals surface area contributed by atoms with Crippen LogP contribution in [0.4, 0.5) is 13.2 Å². The number of methoxy groups -OCH3 is 1. The first kappa shape index (κ1) is 14.9. The van der Waals surface area contributed by atoms with E-state index in [4.69, 9.17) is 4.42 Å². The molecule has 0 amide bonds. The summed E-state index contributed by atoms with van der Waals surface area (Å²) >= 11 is 0. The number of furan rings is 1. The summed E-state index contributed by atoms with van der Waals surface area (Å²) < 4.78 is 48.2. The first-order valence-electron chi connectivity index (χ1n) is 5.75. The summed E-state index contributed by atoms with van der Waals surface area (Å²) in [6.07, 6.45) is -2.70. The molecule has 2 rings (SSSR count). The quantitative estimate of drug-likeness (QED) is 0.816. The second kappa shape index (κ2) is 5.47. The van der Waals surface area contributed by atoms with Gasteiger partial charge >= 0.3 is 12.1 Å². The van der Waals surface area contributed by atoms with E-state index in [2.05, 4.69) is 4.74 Å². The molecule has 21 heavy (non-hydrogen) atoms. The summed E-state index contributed by atoms with van der Waals surface area (Å²) in [5.74, 6) is -0.651. The van der Waals surface area contributed by atoms with Crippen molar-refractivity contribution in [2.75, 3.05) is 7.11 Å². The molecule has 0 unspecified atom stereocenters. The normalized spacial score (nSPS) is 11.4. The first-order valence-corrected chi connectivity index (χ1v) is 5.75. The zero-order valence-corrected chi connectivity index (χ0v) is 10.8.